The Kier molecular flexibility index (Phi) is 10.7. The number of unbranched alkanes of at least 4 members (excludes halogenated alkanes) is 3. The first kappa shape index (κ1) is 27.7. The second-order valence-electron chi connectivity index (χ2n) is 9.61. The van der Waals surface area contributed by atoms with E-state index in [9.17, 15) is 20.2 Å². The Hall–Kier alpha value is -1.38. The molecule has 0 saturated heterocycles. The van der Waals surface area contributed by atoms with Crippen molar-refractivity contribution in [3.8, 4) is 5.75 Å². The Bertz CT molecular complexity index is 752. The van der Waals surface area contributed by atoms with Crippen molar-refractivity contribution in [3.63, 3.8) is 0 Å². The van der Waals surface area contributed by atoms with Gasteiger partial charge in [-0.1, -0.05) is 0 Å². The fraction of sp³-hybridized carbons (Fsp3) is 0.739. The van der Waals surface area contributed by atoms with E-state index in [0.29, 0.717) is 11.3 Å². The molecule has 1 aromatic rings. The molecule has 0 N–H and O–H groups in total. The normalized spacial score (nSPS) is 12.1. The minimum atomic E-state index is -3.26. The summed E-state index contributed by atoms with van der Waals surface area (Å²) >= 11 is -3.26. The van der Waals surface area contributed by atoms with Crippen LogP contribution >= 0.6 is 0 Å². The minimum absolute atomic E-state index is 0.0830. The van der Waals surface area contributed by atoms with Crippen molar-refractivity contribution in [1.82, 2.24) is 0 Å². The Labute approximate surface area is 191 Å². The van der Waals surface area contributed by atoms with E-state index in [1.54, 1.807) is 0 Å². The summed E-state index contributed by atoms with van der Waals surface area (Å²) in [4.78, 5) is 22.8. The number of nitro groups is 2. The van der Waals surface area contributed by atoms with Crippen molar-refractivity contribution in [2.24, 2.45) is 0 Å². The topological polar surface area (TPSA) is 95.5 Å². The van der Waals surface area contributed by atoms with E-state index in [4.69, 9.17) is 3.07 Å². The second-order valence-corrected chi connectivity index (χ2v) is 21.2. The molecule has 0 spiro atoms. The van der Waals surface area contributed by atoms with Crippen LogP contribution in [-0.2, 0) is 5.41 Å². The van der Waals surface area contributed by atoms with Gasteiger partial charge in [0.15, 0.2) is 0 Å². The molecular weight excluding hydrogens is 503 g/mol. The van der Waals surface area contributed by atoms with Crippen LogP contribution in [0.2, 0.25) is 13.3 Å². The van der Waals surface area contributed by atoms with Gasteiger partial charge < -0.3 is 0 Å². The first-order valence-corrected chi connectivity index (χ1v) is 18.8. The molecule has 0 unspecified atom stereocenters. The van der Waals surface area contributed by atoms with Gasteiger partial charge in [-0.15, -0.1) is 0 Å². The Morgan fingerprint density at radius 1 is 0.903 bits per heavy atom. The van der Waals surface area contributed by atoms with Crippen molar-refractivity contribution >= 4 is 30.2 Å². The molecule has 0 saturated carbocycles. The van der Waals surface area contributed by atoms with Crippen LogP contribution in [0.3, 0.4) is 0 Å². The average molecular weight is 543 g/mol. The fourth-order valence-electron chi connectivity index (χ4n) is 4.04. The number of benzene rings is 1. The molecule has 0 heterocycles. The molecule has 0 fully saturated rings. The first-order chi connectivity index (χ1) is 14.4. The van der Waals surface area contributed by atoms with Crippen LogP contribution in [0, 0.1) is 27.2 Å². The van der Waals surface area contributed by atoms with Gasteiger partial charge in [0.1, 0.15) is 0 Å². The summed E-state index contributed by atoms with van der Waals surface area (Å²) in [6.07, 6.45) is 6.38. The fourth-order valence-corrected chi connectivity index (χ4v) is 17.4. The van der Waals surface area contributed by atoms with Crippen molar-refractivity contribution in [2.75, 3.05) is 0 Å². The number of nitrogens with zero attached hydrogens (tertiary/aromatic N) is 2. The summed E-state index contributed by atoms with van der Waals surface area (Å²) in [5.41, 5.74) is -0.289. The third kappa shape index (κ3) is 7.32. The summed E-state index contributed by atoms with van der Waals surface area (Å²) in [6, 6.07) is 1.51. The molecule has 0 atom stereocenters. The van der Waals surface area contributed by atoms with Gasteiger partial charge in [-0.05, 0) is 0 Å². The van der Waals surface area contributed by atoms with Crippen molar-refractivity contribution < 1.29 is 12.9 Å². The maximum absolute atomic E-state index is 12.2. The molecule has 7 nitrogen and oxygen atoms in total. The van der Waals surface area contributed by atoms with Crippen molar-refractivity contribution in [2.45, 2.75) is 106 Å². The number of nitro benzene ring substituents is 2. The molecule has 0 amide bonds. The van der Waals surface area contributed by atoms with E-state index < -0.39 is 34.1 Å². The molecule has 0 aliphatic rings. The van der Waals surface area contributed by atoms with Crippen LogP contribution in [0.1, 0.15) is 91.2 Å². The van der Waals surface area contributed by atoms with E-state index in [2.05, 4.69) is 20.8 Å². The molecule has 31 heavy (non-hydrogen) atoms. The molecule has 0 aliphatic carbocycles. The molecule has 1 aromatic carbocycles. The van der Waals surface area contributed by atoms with Gasteiger partial charge in [-0.25, -0.2) is 0 Å². The molecule has 0 aliphatic heterocycles. The zero-order valence-electron chi connectivity index (χ0n) is 20.4. The zero-order valence-corrected chi connectivity index (χ0v) is 23.2. The summed E-state index contributed by atoms with van der Waals surface area (Å²) in [6.45, 7) is 13.7. The monoisotopic (exact) mass is 544 g/mol. The van der Waals surface area contributed by atoms with Gasteiger partial charge in [0.05, 0.1) is 0 Å². The predicted octanol–water partition coefficient (Wildman–Crippen LogP) is 7.83. The van der Waals surface area contributed by atoms with E-state index >= 15 is 0 Å². The quantitative estimate of drug-likeness (QED) is 0.144. The molecule has 0 aromatic heterocycles. The standard InChI is InChI=1S/C11H14N2O5.3C4H9.Sn/c1-6-8(12(15)16)5-7(11(2,3)4)10(14)9(6)13(17)18;3*1-3-4-2;/h5,14H,1-4H3;3*1,3-4H2,2H3;/q;;;;+1/p-1. The van der Waals surface area contributed by atoms with Crippen molar-refractivity contribution in [3.05, 3.63) is 37.4 Å². The molecule has 1 rings (SSSR count). The molecule has 0 bridgehead atoms. The van der Waals surface area contributed by atoms with Crippen LogP contribution in [0.25, 0.3) is 0 Å². The first-order valence-electron chi connectivity index (χ1n) is 11.6. The Morgan fingerprint density at radius 2 is 1.35 bits per heavy atom. The van der Waals surface area contributed by atoms with Gasteiger partial charge in [-0.2, -0.15) is 0 Å². The van der Waals surface area contributed by atoms with Crippen LogP contribution in [0.4, 0.5) is 11.4 Å². The molecular formula is C23H40N2O5Sn. The van der Waals surface area contributed by atoms with Gasteiger partial charge in [0.2, 0.25) is 0 Å². The van der Waals surface area contributed by atoms with Crippen molar-refractivity contribution in [1.29, 1.82) is 0 Å². The van der Waals surface area contributed by atoms with Gasteiger partial charge in [0.25, 0.3) is 0 Å². The third-order valence-corrected chi connectivity index (χ3v) is 18.6. The average Bonchev–Trinajstić information content (AvgIpc) is 2.67. The van der Waals surface area contributed by atoms with E-state index in [1.807, 2.05) is 20.8 Å². The second kappa shape index (κ2) is 12.0. The molecule has 8 heteroatoms. The van der Waals surface area contributed by atoms with Gasteiger partial charge in [-0.3, -0.25) is 0 Å². The van der Waals surface area contributed by atoms with E-state index in [-0.39, 0.29) is 16.9 Å². The molecule has 0 radical (unpaired) electrons. The summed E-state index contributed by atoms with van der Waals surface area (Å²) < 4.78 is 10.0. The van der Waals surface area contributed by atoms with Crippen LogP contribution < -0.4 is 3.07 Å². The Morgan fingerprint density at radius 3 is 1.68 bits per heavy atom. The number of rotatable bonds is 13. The Balaban J connectivity index is 3.81. The number of hydrogen-bond acceptors (Lipinski definition) is 5. The van der Waals surface area contributed by atoms with Crippen LogP contribution in [0.15, 0.2) is 6.07 Å². The number of hydrogen-bond donors (Lipinski definition) is 0. The summed E-state index contributed by atoms with van der Waals surface area (Å²) in [5.74, 6) is 0.305. The summed E-state index contributed by atoms with van der Waals surface area (Å²) in [7, 11) is 0. The SMILES string of the molecule is CCC[CH2][Sn]([CH2]CCC)([CH2]CCC)[O]c1c(C(C)(C)C)cc([N+](=O)[O-])c(C)c1[N+](=O)[O-]. The predicted molar refractivity (Wildman–Crippen MR) is 129 cm³/mol. The zero-order chi connectivity index (χ0) is 23.8. The van der Waals surface area contributed by atoms with Crippen LogP contribution in [-0.4, -0.2) is 28.6 Å². The van der Waals surface area contributed by atoms with Gasteiger partial charge in [0, 0.05) is 0 Å². The summed E-state index contributed by atoms with van der Waals surface area (Å²) in [5, 5.41) is 23.8. The third-order valence-electron chi connectivity index (χ3n) is 5.94. The van der Waals surface area contributed by atoms with Crippen LogP contribution in [0.5, 0.6) is 5.75 Å². The molecule has 176 valence electrons. The van der Waals surface area contributed by atoms with Gasteiger partial charge >= 0.3 is 192 Å². The van der Waals surface area contributed by atoms with E-state index in [0.717, 1.165) is 51.8 Å². The maximum atomic E-state index is 12.2. The van der Waals surface area contributed by atoms with E-state index in [1.165, 1.54) is 13.0 Å².